The Kier molecular flexibility index (Phi) is 5.01. The molecule has 2 amide bonds. The van der Waals surface area contributed by atoms with Gasteiger partial charge in [-0.25, -0.2) is 9.40 Å². The number of carbonyl (C=O) groups excluding carboxylic acids is 2. The van der Waals surface area contributed by atoms with Gasteiger partial charge in [-0.3, -0.25) is 15.0 Å². The lowest BCUT2D eigenvalue weighted by Gasteiger charge is -2.14. The normalized spacial score (nSPS) is 15.5. The SMILES string of the molecule is COc1cc(/C=C2/C(=O)NN(c3ccc(F)cc3)C2=O)c(Br)c(Br)c1O. The fraction of sp³-hybridized carbons (Fsp3) is 0.0588. The summed E-state index contributed by atoms with van der Waals surface area (Å²) in [7, 11) is 1.38. The summed E-state index contributed by atoms with van der Waals surface area (Å²) in [5.74, 6) is -1.58. The largest absolute Gasteiger partial charge is 0.503 e. The third-order valence-corrected chi connectivity index (χ3v) is 5.83. The standard InChI is InChI=1S/C17H11Br2FN2O4/c1-26-12-7-8(13(18)14(19)15(12)23)6-11-16(24)21-22(17(11)25)10-4-2-9(20)3-5-10/h2-7,23H,1H3,(H,21,24)/b11-6-. The van der Waals surface area contributed by atoms with Gasteiger partial charge in [-0.1, -0.05) is 0 Å². The van der Waals surface area contributed by atoms with E-state index in [2.05, 4.69) is 37.3 Å². The van der Waals surface area contributed by atoms with Crippen molar-refractivity contribution >= 4 is 55.4 Å². The molecule has 1 heterocycles. The van der Waals surface area contributed by atoms with Gasteiger partial charge in [0.15, 0.2) is 11.5 Å². The maximum absolute atomic E-state index is 13.1. The molecule has 1 aliphatic heterocycles. The van der Waals surface area contributed by atoms with E-state index in [0.717, 1.165) is 5.01 Å². The Morgan fingerprint density at radius 1 is 1.19 bits per heavy atom. The lowest BCUT2D eigenvalue weighted by Crippen LogP contribution is -2.35. The van der Waals surface area contributed by atoms with Gasteiger partial charge in [-0.15, -0.1) is 0 Å². The Bertz CT molecular complexity index is 945. The predicted molar refractivity (Wildman–Crippen MR) is 100 cm³/mol. The van der Waals surface area contributed by atoms with Crippen molar-refractivity contribution in [2.24, 2.45) is 0 Å². The highest BCUT2D eigenvalue weighted by Crippen LogP contribution is 2.42. The Morgan fingerprint density at radius 3 is 2.46 bits per heavy atom. The van der Waals surface area contributed by atoms with Gasteiger partial charge in [0, 0.05) is 4.47 Å². The van der Waals surface area contributed by atoms with Gasteiger partial charge < -0.3 is 9.84 Å². The minimum Gasteiger partial charge on any atom is -0.503 e. The van der Waals surface area contributed by atoms with E-state index in [4.69, 9.17) is 4.74 Å². The number of methoxy groups -OCH3 is 1. The molecule has 0 unspecified atom stereocenters. The molecule has 6 nitrogen and oxygen atoms in total. The molecule has 2 aromatic rings. The zero-order chi connectivity index (χ0) is 19.0. The second-order valence-corrected chi connectivity index (χ2v) is 6.85. The zero-order valence-corrected chi connectivity index (χ0v) is 16.4. The number of amides is 2. The summed E-state index contributed by atoms with van der Waals surface area (Å²) in [5, 5.41) is 11.0. The van der Waals surface area contributed by atoms with E-state index >= 15 is 0 Å². The molecule has 2 N–H and O–H groups in total. The number of rotatable bonds is 3. The topological polar surface area (TPSA) is 78.9 Å². The van der Waals surface area contributed by atoms with Gasteiger partial charge in [0.05, 0.1) is 17.3 Å². The van der Waals surface area contributed by atoms with Crippen LogP contribution in [0.3, 0.4) is 0 Å². The summed E-state index contributed by atoms with van der Waals surface area (Å²) in [6, 6.07) is 6.63. The number of nitrogens with zero attached hydrogens (tertiary/aromatic N) is 1. The molecule has 0 atom stereocenters. The first kappa shape index (κ1) is 18.4. The van der Waals surface area contributed by atoms with E-state index in [1.165, 1.54) is 43.5 Å². The number of nitrogens with one attached hydrogen (secondary N) is 1. The lowest BCUT2D eigenvalue weighted by atomic mass is 10.1. The summed E-state index contributed by atoms with van der Waals surface area (Å²) in [5.41, 5.74) is 3.09. The van der Waals surface area contributed by atoms with Crippen molar-refractivity contribution in [1.82, 2.24) is 5.43 Å². The zero-order valence-electron chi connectivity index (χ0n) is 13.2. The minimum atomic E-state index is -0.602. The fourth-order valence-corrected chi connectivity index (χ4v) is 3.20. The molecule has 0 spiro atoms. The number of anilines is 1. The van der Waals surface area contributed by atoms with Crippen LogP contribution in [0.25, 0.3) is 6.08 Å². The van der Waals surface area contributed by atoms with E-state index < -0.39 is 17.6 Å². The van der Waals surface area contributed by atoms with Crippen molar-refractivity contribution in [3.05, 3.63) is 56.2 Å². The van der Waals surface area contributed by atoms with Crippen LogP contribution in [0, 0.1) is 5.82 Å². The summed E-state index contributed by atoms with van der Waals surface area (Å²) in [6.07, 6.45) is 1.37. The fourth-order valence-electron chi connectivity index (χ4n) is 2.36. The number of aromatic hydroxyl groups is 1. The average Bonchev–Trinajstić information content (AvgIpc) is 2.90. The molecule has 1 saturated heterocycles. The highest BCUT2D eigenvalue weighted by molar-refractivity contribution is 9.13. The van der Waals surface area contributed by atoms with Crippen molar-refractivity contribution in [3.8, 4) is 11.5 Å². The Morgan fingerprint density at radius 2 is 1.85 bits per heavy atom. The highest BCUT2D eigenvalue weighted by atomic mass is 79.9. The lowest BCUT2D eigenvalue weighted by molar-refractivity contribution is -0.117. The van der Waals surface area contributed by atoms with Gasteiger partial charge in [0.25, 0.3) is 11.8 Å². The van der Waals surface area contributed by atoms with Gasteiger partial charge in [-0.2, -0.15) is 0 Å². The molecule has 0 saturated carbocycles. The van der Waals surface area contributed by atoms with Crippen molar-refractivity contribution < 1.29 is 23.8 Å². The molecular weight excluding hydrogens is 475 g/mol. The number of phenols is 1. The number of carbonyl (C=O) groups is 2. The van der Waals surface area contributed by atoms with Crippen LogP contribution < -0.4 is 15.2 Å². The third-order valence-electron chi connectivity index (χ3n) is 3.67. The summed E-state index contributed by atoms with van der Waals surface area (Å²) >= 11 is 6.52. The number of halogens is 3. The van der Waals surface area contributed by atoms with Crippen LogP contribution in [0.4, 0.5) is 10.1 Å². The maximum atomic E-state index is 13.1. The first-order valence-electron chi connectivity index (χ1n) is 7.21. The van der Waals surface area contributed by atoms with Gasteiger partial charge in [0.2, 0.25) is 0 Å². The maximum Gasteiger partial charge on any atom is 0.282 e. The highest BCUT2D eigenvalue weighted by Gasteiger charge is 2.34. The molecule has 134 valence electrons. The minimum absolute atomic E-state index is 0.114. The molecule has 3 rings (SSSR count). The molecule has 9 heteroatoms. The number of benzene rings is 2. The van der Waals surface area contributed by atoms with E-state index in [1.54, 1.807) is 0 Å². The van der Waals surface area contributed by atoms with Gasteiger partial charge in [0.1, 0.15) is 11.4 Å². The van der Waals surface area contributed by atoms with Crippen LogP contribution in [0.1, 0.15) is 5.56 Å². The molecule has 0 aliphatic carbocycles. The molecule has 0 radical (unpaired) electrons. The summed E-state index contributed by atoms with van der Waals surface area (Å²) in [6.45, 7) is 0. The first-order chi connectivity index (χ1) is 12.3. The Balaban J connectivity index is 2.02. The molecule has 0 bridgehead atoms. The summed E-state index contributed by atoms with van der Waals surface area (Å²) < 4.78 is 18.9. The number of hydrogen-bond acceptors (Lipinski definition) is 4. The van der Waals surface area contributed by atoms with Crippen molar-refractivity contribution in [2.45, 2.75) is 0 Å². The molecular formula is C17H11Br2FN2O4. The van der Waals surface area contributed by atoms with E-state index in [0.29, 0.717) is 20.2 Å². The first-order valence-corrected chi connectivity index (χ1v) is 8.79. The predicted octanol–water partition coefficient (Wildman–Crippen LogP) is 3.53. The van der Waals surface area contributed by atoms with Crippen LogP contribution >= 0.6 is 31.9 Å². The quantitative estimate of drug-likeness (QED) is 0.515. The van der Waals surface area contributed by atoms with E-state index in [1.807, 2.05) is 0 Å². The van der Waals surface area contributed by atoms with Crippen LogP contribution in [0.2, 0.25) is 0 Å². The molecule has 2 aromatic carbocycles. The average molecular weight is 486 g/mol. The van der Waals surface area contributed by atoms with Crippen molar-refractivity contribution in [2.75, 3.05) is 12.1 Å². The Labute approximate surface area is 164 Å². The number of hydrogen-bond donors (Lipinski definition) is 2. The number of hydrazine groups is 1. The van der Waals surface area contributed by atoms with Crippen LogP contribution in [-0.2, 0) is 9.59 Å². The molecule has 1 fully saturated rings. The number of phenolic OH excluding ortho intramolecular Hbond substituents is 1. The van der Waals surface area contributed by atoms with Crippen LogP contribution in [0.5, 0.6) is 11.5 Å². The van der Waals surface area contributed by atoms with E-state index in [-0.39, 0.29) is 17.1 Å². The van der Waals surface area contributed by atoms with Crippen molar-refractivity contribution in [3.63, 3.8) is 0 Å². The second kappa shape index (κ2) is 7.08. The second-order valence-electron chi connectivity index (χ2n) is 5.26. The van der Waals surface area contributed by atoms with Gasteiger partial charge in [-0.05, 0) is 73.8 Å². The van der Waals surface area contributed by atoms with Crippen LogP contribution in [-0.4, -0.2) is 24.0 Å². The molecule has 26 heavy (non-hydrogen) atoms. The molecule has 1 aliphatic rings. The van der Waals surface area contributed by atoms with Crippen molar-refractivity contribution in [1.29, 1.82) is 0 Å². The van der Waals surface area contributed by atoms with Crippen LogP contribution in [0.15, 0.2) is 44.9 Å². The van der Waals surface area contributed by atoms with Gasteiger partial charge >= 0.3 is 0 Å². The Hall–Kier alpha value is -2.39. The monoisotopic (exact) mass is 484 g/mol. The third kappa shape index (κ3) is 3.19. The molecule has 0 aromatic heterocycles. The van der Waals surface area contributed by atoms with E-state index in [9.17, 15) is 19.1 Å². The summed E-state index contributed by atoms with van der Waals surface area (Å²) in [4.78, 5) is 24.8. The smallest absolute Gasteiger partial charge is 0.282 e. The number of ether oxygens (including phenoxy) is 1.